The Hall–Kier alpha value is -6.42. The van der Waals surface area contributed by atoms with Crippen LogP contribution in [0.1, 0.15) is 60.1 Å². The maximum absolute atomic E-state index is 13.0. The second-order valence-corrected chi connectivity index (χ2v) is 16.9. The third-order valence-corrected chi connectivity index (χ3v) is 11.9. The molecule has 3 unspecified atom stereocenters. The molecule has 15 heteroatoms. The Morgan fingerprint density at radius 3 is 0.902 bits per heavy atom. The van der Waals surface area contributed by atoms with E-state index in [9.17, 15) is 28.8 Å². The van der Waals surface area contributed by atoms with Crippen LogP contribution in [-0.4, -0.2) is 53.6 Å². The summed E-state index contributed by atoms with van der Waals surface area (Å²) in [7, 11) is 0. The fourth-order valence-electron chi connectivity index (χ4n) is 6.42. The van der Waals surface area contributed by atoms with Crippen molar-refractivity contribution >= 4 is 86.5 Å². The van der Waals surface area contributed by atoms with Crippen molar-refractivity contribution in [2.24, 2.45) is 0 Å². The number of hydrogen-bond donors (Lipinski definition) is 6. The maximum Gasteiger partial charge on any atom is 0.246 e. The zero-order valence-corrected chi connectivity index (χ0v) is 36.2. The van der Waals surface area contributed by atoms with E-state index in [1.54, 1.807) is 57.2 Å². The molecule has 0 aliphatic heterocycles. The van der Waals surface area contributed by atoms with Crippen molar-refractivity contribution in [2.75, 3.05) is 16.0 Å². The first-order valence-corrected chi connectivity index (χ1v) is 22.4. The average molecular weight is 875 g/mol. The molecular weight excluding hydrogens is 829 g/mol. The Kier molecular flexibility index (Phi) is 15.3. The summed E-state index contributed by atoms with van der Waals surface area (Å²) in [4.78, 5) is 76.5. The molecule has 0 radical (unpaired) electrons. The minimum Gasteiger partial charge on any atom is -0.344 e. The third-order valence-electron chi connectivity index (χ3n) is 9.68. The van der Waals surface area contributed by atoms with Crippen LogP contribution in [0.15, 0.2) is 123 Å². The van der Waals surface area contributed by atoms with E-state index in [0.29, 0.717) is 17.1 Å². The van der Waals surface area contributed by atoms with Gasteiger partial charge >= 0.3 is 0 Å². The topological polar surface area (TPSA) is 175 Å². The Morgan fingerprint density at radius 2 is 0.672 bits per heavy atom. The predicted molar refractivity (Wildman–Crippen MR) is 243 cm³/mol. The second kappa shape index (κ2) is 21.2. The van der Waals surface area contributed by atoms with Gasteiger partial charge in [0.2, 0.25) is 35.4 Å². The number of anilines is 3. The molecule has 6 aromatic rings. The molecule has 3 aromatic carbocycles. The van der Waals surface area contributed by atoms with Gasteiger partial charge in [-0.1, -0.05) is 36.4 Å². The van der Waals surface area contributed by atoms with Gasteiger partial charge in [0, 0.05) is 23.0 Å². The molecule has 0 bridgehead atoms. The highest BCUT2D eigenvalue weighted by atomic mass is 32.1. The molecule has 6 amide bonds. The lowest BCUT2D eigenvalue weighted by Crippen LogP contribution is -2.42. The fraction of sp³-hybridized carbons (Fsp3) is 0.217. The minimum absolute atomic E-state index is 0.194. The van der Waals surface area contributed by atoms with Crippen molar-refractivity contribution in [3.8, 4) is 0 Å². The molecule has 6 N–H and O–H groups in total. The van der Waals surface area contributed by atoms with Crippen LogP contribution >= 0.6 is 34.0 Å². The molecule has 6 rings (SSSR count). The highest BCUT2D eigenvalue weighted by Crippen LogP contribution is 2.34. The van der Waals surface area contributed by atoms with Crippen LogP contribution in [0.3, 0.4) is 0 Å². The smallest absolute Gasteiger partial charge is 0.246 e. The van der Waals surface area contributed by atoms with E-state index in [2.05, 4.69) is 31.9 Å². The first-order valence-electron chi connectivity index (χ1n) is 19.5. The molecule has 61 heavy (non-hydrogen) atoms. The molecule has 0 aliphatic carbocycles. The number of benzene rings is 3. The Labute approximate surface area is 366 Å². The molecule has 3 heterocycles. The van der Waals surface area contributed by atoms with Gasteiger partial charge < -0.3 is 31.9 Å². The average Bonchev–Trinajstić information content (AvgIpc) is 4.06. The highest BCUT2D eigenvalue weighted by Gasteiger charge is 2.22. The van der Waals surface area contributed by atoms with Crippen LogP contribution < -0.4 is 31.9 Å². The van der Waals surface area contributed by atoms with Crippen molar-refractivity contribution in [1.82, 2.24) is 16.0 Å². The summed E-state index contributed by atoms with van der Waals surface area (Å²) in [5.41, 5.74) is 7.01. The number of carbonyl (C=O) groups is 6. The van der Waals surface area contributed by atoms with Crippen LogP contribution in [-0.2, 0) is 48.0 Å². The van der Waals surface area contributed by atoms with Crippen molar-refractivity contribution in [3.63, 3.8) is 0 Å². The molecular formula is C46H46N6O6S3. The van der Waals surface area contributed by atoms with Gasteiger partial charge in [0.15, 0.2) is 0 Å². The zero-order chi connectivity index (χ0) is 43.3. The standard InChI is InChI=1S/C46H46N6O6S3/c1-28(47-40(53)22-31-16-19-59-25-31)44(56)50-37-10-4-34(5-11-37)43(35-6-12-38(13-7-35)51-45(57)29(2)48-41(54)23-32-17-20-60-26-32)36-8-14-39(15-9-36)52-46(58)30(3)49-42(55)24-33-18-21-61-27-33/h4-21,25-30,43H,22-24H2,1-3H3,(H,47,53)(H,48,54)(H,49,55)(H,50,56)(H,51,57)(H,52,58). The van der Waals surface area contributed by atoms with Gasteiger partial charge in [-0.05, 0) is 141 Å². The lowest BCUT2D eigenvalue weighted by molar-refractivity contribution is -0.125. The summed E-state index contributed by atoms with van der Waals surface area (Å²) in [6.07, 6.45) is 0.581. The minimum atomic E-state index is -0.757. The van der Waals surface area contributed by atoms with Crippen molar-refractivity contribution < 1.29 is 28.8 Å². The Balaban J connectivity index is 1.14. The monoisotopic (exact) mass is 874 g/mol. The first kappa shape index (κ1) is 44.1. The number of amides is 6. The van der Waals surface area contributed by atoms with Gasteiger partial charge in [-0.3, -0.25) is 28.8 Å². The summed E-state index contributed by atoms with van der Waals surface area (Å²) < 4.78 is 0. The number of carbonyl (C=O) groups excluding carboxylic acids is 6. The SMILES string of the molecule is CC(NC(=O)Cc1ccsc1)C(=O)Nc1ccc(C(c2ccc(NC(=O)C(C)NC(=O)Cc3ccsc3)cc2)c2ccc(NC(=O)C(C)NC(=O)Cc3ccsc3)cc2)cc1. The first-order chi connectivity index (χ1) is 29.4. The van der Waals surface area contributed by atoms with Crippen LogP contribution in [0.4, 0.5) is 17.1 Å². The van der Waals surface area contributed by atoms with Crippen molar-refractivity contribution in [1.29, 1.82) is 0 Å². The van der Waals surface area contributed by atoms with E-state index < -0.39 is 18.1 Å². The van der Waals surface area contributed by atoms with Crippen LogP contribution in [0, 0.1) is 0 Å². The molecule has 0 saturated carbocycles. The lowest BCUT2D eigenvalue weighted by atomic mass is 9.85. The fourth-order valence-corrected chi connectivity index (χ4v) is 8.42. The summed E-state index contributed by atoms with van der Waals surface area (Å²) in [5.74, 6) is -2.10. The van der Waals surface area contributed by atoms with Gasteiger partial charge in [0.25, 0.3) is 0 Å². The molecule has 314 valence electrons. The van der Waals surface area contributed by atoms with Gasteiger partial charge in [-0.2, -0.15) is 34.0 Å². The molecule has 3 atom stereocenters. The molecule has 0 aliphatic rings. The molecule has 3 aromatic heterocycles. The molecule has 0 saturated heterocycles. The third kappa shape index (κ3) is 13.0. The van der Waals surface area contributed by atoms with E-state index in [4.69, 9.17) is 0 Å². The van der Waals surface area contributed by atoms with E-state index in [-0.39, 0.29) is 60.6 Å². The quantitative estimate of drug-likeness (QED) is 0.0502. The number of thiophene rings is 3. The van der Waals surface area contributed by atoms with Gasteiger partial charge in [0.05, 0.1) is 19.3 Å². The number of rotatable bonds is 18. The summed E-state index contributed by atoms with van der Waals surface area (Å²) in [6, 6.07) is 25.6. The van der Waals surface area contributed by atoms with Crippen molar-refractivity contribution in [3.05, 3.63) is 157 Å². The van der Waals surface area contributed by atoms with Crippen LogP contribution in [0.25, 0.3) is 0 Å². The van der Waals surface area contributed by atoms with Gasteiger partial charge in [-0.15, -0.1) is 0 Å². The van der Waals surface area contributed by atoms with E-state index in [0.717, 1.165) is 33.4 Å². The largest absolute Gasteiger partial charge is 0.344 e. The van der Waals surface area contributed by atoms with E-state index in [1.807, 2.05) is 86.9 Å². The Morgan fingerprint density at radius 1 is 0.410 bits per heavy atom. The van der Waals surface area contributed by atoms with E-state index >= 15 is 0 Å². The molecule has 12 nitrogen and oxygen atoms in total. The Bertz CT molecular complexity index is 2130. The second-order valence-electron chi connectivity index (χ2n) is 14.6. The highest BCUT2D eigenvalue weighted by molar-refractivity contribution is 7.08. The molecule has 0 spiro atoms. The summed E-state index contributed by atoms with van der Waals surface area (Å²) in [5, 5.41) is 28.3. The van der Waals surface area contributed by atoms with Crippen LogP contribution in [0.2, 0.25) is 0 Å². The summed E-state index contributed by atoms with van der Waals surface area (Å²) in [6.45, 7) is 4.90. The van der Waals surface area contributed by atoms with Crippen LogP contribution in [0.5, 0.6) is 0 Å². The van der Waals surface area contributed by atoms with Gasteiger partial charge in [0.1, 0.15) is 18.1 Å². The van der Waals surface area contributed by atoms with E-state index in [1.165, 1.54) is 34.0 Å². The normalized spacial score (nSPS) is 12.8. The van der Waals surface area contributed by atoms with Gasteiger partial charge in [-0.25, -0.2) is 0 Å². The number of hydrogen-bond acceptors (Lipinski definition) is 9. The zero-order valence-electron chi connectivity index (χ0n) is 33.7. The maximum atomic E-state index is 13.0. The number of nitrogens with one attached hydrogen (secondary N) is 6. The van der Waals surface area contributed by atoms with Crippen molar-refractivity contribution in [2.45, 2.75) is 64.1 Å². The lowest BCUT2D eigenvalue weighted by Gasteiger charge is -2.21. The summed E-state index contributed by atoms with van der Waals surface area (Å²) >= 11 is 4.52. The predicted octanol–water partition coefficient (Wildman–Crippen LogP) is 7.11. The molecule has 0 fully saturated rings.